The quantitative estimate of drug-likeness (QED) is 0.634. The van der Waals surface area contributed by atoms with E-state index in [0.717, 1.165) is 28.9 Å². The van der Waals surface area contributed by atoms with Gasteiger partial charge in [0.05, 0.1) is 11.6 Å². The smallest absolute Gasteiger partial charge is 0.291 e. The Kier molecular flexibility index (Phi) is 4.83. The van der Waals surface area contributed by atoms with Crippen LogP contribution < -0.4 is 11.2 Å². The summed E-state index contributed by atoms with van der Waals surface area (Å²) in [7, 11) is 0. The van der Waals surface area contributed by atoms with Crippen molar-refractivity contribution in [2.45, 2.75) is 32.2 Å². The Labute approximate surface area is 158 Å². The third kappa shape index (κ3) is 3.78. The summed E-state index contributed by atoms with van der Waals surface area (Å²) in [5.74, 6) is -0.446. The summed E-state index contributed by atoms with van der Waals surface area (Å²) in [6.45, 7) is 3.24. The second-order valence-electron chi connectivity index (χ2n) is 6.73. The zero-order chi connectivity index (χ0) is 21.7. The summed E-state index contributed by atoms with van der Waals surface area (Å²) in [5, 5.41) is 2.66. The summed E-state index contributed by atoms with van der Waals surface area (Å²) in [4.78, 5) is 27.5. The average Bonchev–Trinajstić information content (AvgIpc) is 2.94. The number of nitrogens with one attached hydrogen (secondary N) is 2. The SMILES string of the molecule is CC(C)[C@@H](c1ccc(C(F)(F)F)cc1)n1nc(C(F)(F)F)c2c(=O)[nH]c(=O)[nH]c21. The van der Waals surface area contributed by atoms with E-state index in [2.05, 4.69) is 10.1 Å². The summed E-state index contributed by atoms with van der Waals surface area (Å²) in [5.41, 5.74) is -4.96. The molecule has 0 fully saturated rings. The predicted molar refractivity (Wildman–Crippen MR) is 90.4 cm³/mol. The van der Waals surface area contributed by atoms with Gasteiger partial charge in [-0.05, 0) is 23.6 Å². The highest BCUT2D eigenvalue weighted by Gasteiger charge is 2.40. The van der Waals surface area contributed by atoms with Crippen molar-refractivity contribution in [2.24, 2.45) is 5.92 Å². The molecule has 0 amide bonds. The zero-order valence-corrected chi connectivity index (χ0v) is 14.9. The van der Waals surface area contributed by atoms with Crippen molar-refractivity contribution in [3.63, 3.8) is 0 Å². The molecular formula is C17H14F6N4O2. The Morgan fingerprint density at radius 3 is 2.00 bits per heavy atom. The molecule has 0 saturated heterocycles. The lowest BCUT2D eigenvalue weighted by Crippen LogP contribution is -2.25. The van der Waals surface area contributed by atoms with Crippen LogP contribution in [0, 0.1) is 5.92 Å². The van der Waals surface area contributed by atoms with Gasteiger partial charge in [0, 0.05) is 0 Å². The standard InChI is InChI=1S/C17H14F6N4O2/c1-7(2)11(8-3-5-9(6-4-8)16(18,19)20)27-13-10(12(26-27)17(21,22)23)14(28)25-15(29)24-13/h3-7,11H,1-2H3,(H2,24,25,28,29)/t11-/m0/s1. The number of fused-ring (bicyclic) bond motifs is 1. The van der Waals surface area contributed by atoms with Crippen molar-refractivity contribution in [1.29, 1.82) is 0 Å². The summed E-state index contributed by atoms with van der Waals surface area (Å²) in [6.07, 6.45) is -9.57. The minimum atomic E-state index is -4.99. The van der Waals surface area contributed by atoms with Crippen molar-refractivity contribution in [3.8, 4) is 0 Å². The van der Waals surface area contributed by atoms with E-state index in [1.807, 2.05) is 0 Å². The minimum Gasteiger partial charge on any atom is -0.291 e. The molecule has 0 bridgehead atoms. The van der Waals surface area contributed by atoms with Crippen molar-refractivity contribution < 1.29 is 26.3 Å². The molecule has 1 atom stereocenters. The molecule has 156 valence electrons. The van der Waals surface area contributed by atoms with Crippen LogP contribution in [-0.2, 0) is 12.4 Å². The van der Waals surface area contributed by atoms with Gasteiger partial charge < -0.3 is 0 Å². The number of H-pyrrole nitrogens is 2. The van der Waals surface area contributed by atoms with Gasteiger partial charge in [0.1, 0.15) is 11.0 Å². The van der Waals surface area contributed by atoms with Crippen LogP contribution in [0.15, 0.2) is 33.9 Å². The van der Waals surface area contributed by atoms with Gasteiger partial charge in [0.15, 0.2) is 5.69 Å². The Morgan fingerprint density at radius 1 is 0.931 bits per heavy atom. The van der Waals surface area contributed by atoms with Gasteiger partial charge in [0.25, 0.3) is 5.56 Å². The van der Waals surface area contributed by atoms with Crippen LogP contribution in [0.5, 0.6) is 0 Å². The molecule has 6 nitrogen and oxygen atoms in total. The number of aromatic nitrogens is 4. The molecule has 0 saturated carbocycles. The van der Waals surface area contributed by atoms with Crippen LogP contribution in [0.25, 0.3) is 11.0 Å². The number of alkyl halides is 6. The fourth-order valence-corrected chi connectivity index (χ4v) is 3.15. The molecule has 1 aromatic carbocycles. The summed E-state index contributed by atoms with van der Waals surface area (Å²) >= 11 is 0. The van der Waals surface area contributed by atoms with Crippen LogP contribution in [0.2, 0.25) is 0 Å². The van der Waals surface area contributed by atoms with Gasteiger partial charge in [0.2, 0.25) is 0 Å². The maximum Gasteiger partial charge on any atom is 0.436 e. The molecule has 0 aliphatic rings. The third-order valence-corrected chi connectivity index (χ3v) is 4.34. The molecule has 0 spiro atoms. The van der Waals surface area contributed by atoms with Gasteiger partial charge in [-0.2, -0.15) is 31.4 Å². The number of hydrogen-bond acceptors (Lipinski definition) is 3. The largest absolute Gasteiger partial charge is 0.436 e. The Bertz CT molecular complexity index is 1150. The maximum absolute atomic E-state index is 13.4. The van der Waals surface area contributed by atoms with Crippen molar-refractivity contribution in [2.75, 3.05) is 0 Å². The van der Waals surface area contributed by atoms with Crippen LogP contribution in [-0.4, -0.2) is 19.7 Å². The summed E-state index contributed by atoms with van der Waals surface area (Å²) in [6, 6.07) is 2.88. The van der Waals surface area contributed by atoms with Crippen LogP contribution in [0.4, 0.5) is 26.3 Å². The lowest BCUT2D eigenvalue weighted by atomic mass is 9.95. The van der Waals surface area contributed by atoms with Crippen LogP contribution in [0.3, 0.4) is 0 Å². The molecule has 3 aromatic rings. The zero-order valence-electron chi connectivity index (χ0n) is 14.9. The second-order valence-corrected chi connectivity index (χ2v) is 6.73. The Balaban J connectivity index is 2.28. The van der Waals surface area contributed by atoms with Gasteiger partial charge in [-0.15, -0.1) is 0 Å². The van der Waals surface area contributed by atoms with E-state index in [1.54, 1.807) is 18.8 Å². The fourth-order valence-electron chi connectivity index (χ4n) is 3.15. The van der Waals surface area contributed by atoms with Crippen LogP contribution >= 0.6 is 0 Å². The van der Waals surface area contributed by atoms with Crippen molar-refractivity contribution >= 4 is 11.0 Å². The lowest BCUT2D eigenvalue weighted by Gasteiger charge is -2.23. The molecule has 0 aliphatic heterocycles. The van der Waals surface area contributed by atoms with Gasteiger partial charge in [-0.3, -0.25) is 14.8 Å². The first kappa shape index (κ1) is 20.7. The molecule has 2 heterocycles. The normalized spacial score (nSPS) is 14.0. The number of nitrogens with zero attached hydrogens (tertiary/aromatic N) is 2. The maximum atomic E-state index is 13.4. The average molecular weight is 420 g/mol. The third-order valence-electron chi connectivity index (χ3n) is 4.34. The van der Waals surface area contributed by atoms with E-state index in [0.29, 0.717) is 0 Å². The highest BCUT2D eigenvalue weighted by molar-refractivity contribution is 5.77. The predicted octanol–water partition coefficient (Wildman–Crippen LogP) is 3.70. The van der Waals surface area contributed by atoms with E-state index < -0.39 is 57.9 Å². The Morgan fingerprint density at radius 2 is 1.52 bits per heavy atom. The van der Waals surface area contributed by atoms with E-state index in [9.17, 15) is 35.9 Å². The number of hydrogen-bond donors (Lipinski definition) is 2. The first-order valence-electron chi connectivity index (χ1n) is 8.30. The molecule has 29 heavy (non-hydrogen) atoms. The molecule has 12 heteroatoms. The molecule has 2 aromatic heterocycles. The number of halogens is 6. The first-order valence-corrected chi connectivity index (χ1v) is 8.30. The van der Waals surface area contributed by atoms with E-state index in [1.165, 1.54) is 0 Å². The highest BCUT2D eigenvalue weighted by atomic mass is 19.4. The fraction of sp³-hybridized carbons (Fsp3) is 0.353. The number of rotatable bonds is 3. The molecule has 0 unspecified atom stereocenters. The molecular weight excluding hydrogens is 406 g/mol. The van der Waals surface area contributed by atoms with Crippen molar-refractivity contribution in [1.82, 2.24) is 19.7 Å². The van der Waals surface area contributed by atoms with Crippen molar-refractivity contribution in [3.05, 3.63) is 61.9 Å². The van der Waals surface area contributed by atoms with Gasteiger partial charge in [-0.1, -0.05) is 26.0 Å². The van der Waals surface area contributed by atoms with Gasteiger partial charge >= 0.3 is 18.0 Å². The van der Waals surface area contributed by atoms with E-state index >= 15 is 0 Å². The minimum absolute atomic E-state index is 0.229. The number of benzene rings is 1. The topological polar surface area (TPSA) is 83.5 Å². The molecule has 3 rings (SSSR count). The molecule has 2 N–H and O–H groups in total. The van der Waals surface area contributed by atoms with E-state index in [-0.39, 0.29) is 5.56 Å². The highest BCUT2D eigenvalue weighted by Crippen LogP contribution is 2.36. The lowest BCUT2D eigenvalue weighted by molar-refractivity contribution is -0.140. The first-order chi connectivity index (χ1) is 13.3. The monoisotopic (exact) mass is 420 g/mol. The summed E-state index contributed by atoms with van der Waals surface area (Å²) < 4.78 is 79.5. The molecule has 0 radical (unpaired) electrons. The van der Waals surface area contributed by atoms with E-state index in [4.69, 9.17) is 0 Å². The van der Waals surface area contributed by atoms with Gasteiger partial charge in [-0.25, -0.2) is 9.48 Å². The number of aromatic amines is 2. The Hall–Kier alpha value is -3.05. The molecule has 0 aliphatic carbocycles. The van der Waals surface area contributed by atoms with Crippen LogP contribution in [0.1, 0.15) is 36.7 Å². The second kappa shape index (κ2) is 6.78.